The first-order chi connectivity index (χ1) is 6.49. The van der Waals surface area contributed by atoms with Gasteiger partial charge in [0.25, 0.3) is 0 Å². The van der Waals surface area contributed by atoms with Crippen LogP contribution >= 0.6 is 0 Å². The lowest BCUT2D eigenvalue weighted by Gasteiger charge is -2.17. The second-order valence-electron chi connectivity index (χ2n) is 2.57. The molecule has 0 aliphatic heterocycles. The minimum Gasteiger partial charge on any atom is -0.432 e. The molecule has 0 fully saturated rings. The van der Waals surface area contributed by atoms with Crippen LogP contribution in [0, 0.1) is 6.07 Å². The van der Waals surface area contributed by atoms with Gasteiger partial charge in [-0.25, -0.2) is 8.78 Å². The Morgan fingerprint density at radius 1 is 1.43 bits per heavy atom. The van der Waals surface area contributed by atoms with E-state index in [1.165, 1.54) is 18.2 Å². The minimum atomic E-state index is -3.84. The number of alkyl halides is 4. The van der Waals surface area contributed by atoms with Crippen molar-refractivity contribution < 1.29 is 22.3 Å². The Kier molecular flexibility index (Phi) is 3.33. The quantitative estimate of drug-likeness (QED) is 0.689. The molecule has 0 atom stereocenters. The highest BCUT2D eigenvalue weighted by Crippen LogP contribution is 2.26. The van der Waals surface area contributed by atoms with Crippen LogP contribution in [-0.2, 0) is 0 Å². The molecule has 0 unspecified atom stereocenters. The Balaban J connectivity index is 2.59. The predicted molar refractivity (Wildman–Crippen MR) is 41.5 cm³/mol. The summed E-state index contributed by atoms with van der Waals surface area (Å²) in [4.78, 5) is 0. The van der Waals surface area contributed by atoms with Gasteiger partial charge in [0.2, 0.25) is 6.43 Å². The number of hydrogen-bond acceptors (Lipinski definition) is 1. The largest absolute Gasteiger partial charge is 0.432 e. The molecule has 0 saturated carbocycles. The van der Waals surface area contributed by atoms with Crippen molar-refractivity contribution in [2.75, 3.05) is 0 Å². The van der Waals surface area contributed by atoms with E-state index in [4.69, 9.17) is 0 Å². The SMILES string of the molecule is FC(F)CC(F)(F)Oc1c[c]ccc1. The summed E-state index contributed by atoms with van der Waals surface area (Å²) in [5, 5.41) is 0. The molecule has 0 saturated heterocycles. The third kappa shape index (κ3) is 3.64. The zero-order valence-corrected chi connectivity index (χ0v) is 7.01. The fourth-order valence-electron chi connectivity index (χ4n) is 0.834. The standard InChI is InChI=1S/C9H7F4O/c10-8(11)6-9(12,13)14-7-4-2-1-3-5-7/h1-2,4-5,8H,6H2. The topological polar surface area (TPSA) is 9.23 Å². The van der Waals surface area contributed by atoms with Crippen LogP contribution in [0.1, 0.15) is 6.42 Å². The van der Waals surface area contributed by atoms with Crippen molar-refractivity contribution in [2.24, 2.45) is 0 Å². The molecule has 0 aliphatic carbocycles. The van der Waals surface area contributed by atoms with E-state index >= 15 is 0 Å². The monoisotopic (exact) mass is 207 g/mol. The van der Waals surface area contributed by atoms with Gasteiger partial charge in [-0.15, -0.1) is 0 Å². The van der Waals surface area contributed by atoms with Gasteiger partial charge in [-0.3, -0.25) is 0 Å². The maximum Gasteiger partial charge on any atom is 0.403 e. The Bertz CT molecular complexity index is 273. The third-order valence-corrected chi connectivity index (χ3v) is 1.34. The molecule has 14 heavy (non-hydrogen) atoms. The number of rotatable bonds is 4. The van der Waals surface area contributed by atoms with Gasteiger partial charge in [0.1, 0.15) is 12.2 Å². The molecular formula is C9H7F4O. The van der Waals surface area contributed by atoms with Crippen LogP contribution in [0.5, 0.6) is 5.75 Å². The van der Waals surface area contributed by atoms with Gasteiger partial charge in [-0.1, -0.05) is 12.1 Å². The Hall–Kier alpha value is -1.26. The molecule has 0 heterocycles. The van der Waals surface area contributed by atoms with Gasteiger partial charge in [0, 0.05) is 0 Å². The average molecular weight is 207 g/mol. The summed E-state index contributed by atoms with van der Waals surface area (Å²) in [7, 11) is 0. The lowest BCUT2D eigenvalue weighted by atomic mass is 10.3. The van der Waals surface area contributed by atoms with E-state index in [2.05, 4.69) is 10.8 Å². The molecule has 0 aromatic heterocycles. The predicted octanol–water partition coefficient (Wildman–Crippen LogP) is 3.11. The van der Waals surface area contributed by atoms with E-state index in [0.29, 0.717) is 0 Å². The number of ether oxygens (including phenoxy) is 1. The van der Waals surface area contributed by atoms with Crippen LogP contribution < -0.4 is 4.74 Å². The molecule has 5 heteroatoms. The molecule has 0 spiro atoms. The fraction of sp³-hybridized carbons (Fsp3) is 0.333. The number of benzene rings is 1. The summed E-state index contributed by atoms with van der Waals surface area (Å²) < 4.78 is 52.7. The first-order valence-corrected chi connectivity index (χ1v) is 3.81. The highest BCUT2D eigenvalue weighted by atomic mass is 19.3. The molecule has 1 radical (unpaired) electrons. The molecule has 0 N–H and O–H groups in total. The molecule has 1 aromatic rings. The first-order valence-electron chi connectivity index (χ1n) is 3.81. The van der Waals surface area contributed by atoms with Crippen molar-refractivity contribution in [2.45, 2.75) is 19.0 Å². The van der Waals surface area contributed by atoms with E-state index in [1.54, 1.807) is 0 Å². The summed E-state index contributed by atoms with van der Waals surface area (Å²) >= 11 is 0. The summed E-state index contributed by atoms with van der Waals surface area (Å²) in [5.74, 6) is -0.182. The van der Waals surface area contributed by atoms with Crippen LogP contribution in [0.25, 0.3) is 0 Å². The lowest BCUT2D eigenvalue weighted by molar-refractivity contribution is -0.199. The van der Waals surface area contributed by atoms with Gasteiger partial charge in [-0.2, -0.15) is 8.78 Å². The normalized spacial score (nSPS) is 11.8. The smallest absolute Gasteiger partial charge is 0.403 e. The highest BCUT2D eigenvalue weighted by Gasteiger charge is 2.35. The molecular weight excluding hydrogens is 200 g/mol. The van der Waals surface area contributed by atoms with Crippen molar-refractivity contribution in [3.63, 3.8) is 0 Å². The van der Waals surface area contributed by atoms with E-state index in [0.717, 1.165) is 6.07 Å². The van der Waals surface area contributed by atoms with Crippen molar-refractivity contribution in [1.82, 2.24) is 0 Å². The molecule has 1 aromatic carbocycles. The van der Waals surface area contributed by atoms with Crippen molar-refractivity contribution in [3.8, 4) is 5.75 Å². The summed E-state index contributed by atoms with van der Waals surface area (Å²) in [6, 6.07) is 7.80. The highest BCUT2D eigenvalue weighted by molar-refractivity contribution is 5.20. The second-order valence-corrected chi connectivity index (χ2v) is 2.57. The molecule has 0 bridgehead atoms. The molecule has 0 aliphatic rings. The van der Waals surface area contributed by atoms with E-state index in [-0.39, 0.29) is 5.75 Å². The molecule has 1 nitrogen and oxygen atoms in total. The van der Waals surface area contributed by atoms with Crippen molar-refractivity contribution in [3.05, 3.63) is 30.3 Å². The fourth-order valence-corrected chi connectivity index (χ4v) is 0.834. The van der Waals surface area contributed by atoms with Gasteiger partial charge >= 0.3 is 6.11 Å². The van der Waals surface area contributed by atoms with Crippen LogP contribution in [0.3, 0.4) is 0 Å². The Morgan fingerprint density at radius 2 is 2.14 bits per heavy atom. The number of halogens is 4. The van der Waals surface area contributed by atoms with Crippen molar-refractivity contribution >= 4 is 0 Å². The minimum absolute atomic E-state index is 0.182. The summed E-state index contributed by atoms with van der Waals surface area (Å²) in [5.41, 5.74) is 0. The molecule has 1 rings (SSSR count). The van der Waals surface area contributed by atoms with Crippen LogP contribution in [0.4, 0.5) is 17.6 Å². The molecule has 0 amide bonds. The van der Waals surface area contributed by atoms with Crippen LogP contribution in [0.2, 0.25) is 0 Å². The summed E-state index contributed by atoms with van der Waals surface area (Å²) in [6.07, 6.45) is -8.55. The average Bonchev–Trinajstić information content (AvgIpc) is 2.02. The zero-order chi connectivity index (χ0) is 10.6. The van der Waals surface area contributed by atoms with Gasteiger partial charge in [0.05, 0.1) is 0 Å². The second kappa shape index (κ2) is 4.30. The van der Waals surface area contributed by atoms with Gasteiger partial charge in [0.15, 0.2) is 0 Å². The molecule has 77 valence electrons. The Morgan fingerprint density at radius 3 is 2.64 bits per heavy atom. The maximum absolute atomic E-state index is 12.6. The summed E-state index contributed by atoms with van der Waals surface area (Å²) in [6.45, 7) is 0. The van der Waals surface area contributed by atoms with Crippen LogP contribution in [-0.4, -0.2) is 12.5 Å². The Labute approximate surface area is 78.3 Å². The maximum atomic E-state index is 12.6. The van der Waals surface area contributed by atoms with Crippen molar-refractivity contribution in [1.29, 1.82) is 0 Å². The lowest BCUT2D eigenvalue weighted by Crippen LogP contribution is -2.27. The van der Waals surface area contributed by atoms with Gasteiger partial charge < -0.3 is 4.74 Å². The third-order valence-electron chi connectivity index (χ3n) is 1.34. The van der Waals surface area contributed by atoms with Crippen LogP contribution in [0.15, 0.2) is 24.3 Å². The first kappa shape index (κ1) is 10.8. The van der Waals surface area contributed by atoms with Gasteiger partial charge in [-0.05, 0) is 18.2 Å². The van der Waals surface area contributed by atoms with E-state index in [9.17, 15) is 17.6 Å². The zero-order valence-electron chi connectivity index (χ0n) is 7.01. The van der Waals surface area contributed by atoms with E-state index in [1.807, 2.05) is 0 Å². The number of hydrogen-bond donors (Lipinski definition) is 0. The van der Waals surface area contributed by atoms with E-state index < -0.39 is 19.0 Å².